The number of rotatable bonds is 41. The van der Waals surface area contributed by atoms with Crippen molar-refractivity contribution < 1.29 is 82.0 Å². The van der Waals surface area contributed by atoms with Crippen LogP contribution in [0.1, 0.15) is 187 Å². The fourth-order valence-electron chi connectivity index (χ4n) is 7.47. The van der Waals surface area contributed by atoms with E-state index in [9.17, 15) is 58.9 Å². The summed E-state index contributed by atoms with van der Waals surface area (Å²) in [5.74, 6) is -1.25. The van der Waals surface area contributed by atoms with E-state index in [-0.39, 0.29) is 12.8 Å². The molecule has 0 aromatic rings. The number of aliphatic hydroxyl groups is 5. The number of carbonyl (C=O) groups excluding carboxylic acids is 2. The molecule has 0 bridgehead atoms. The molecule has 1 aliphatic carbocycles. The summed E-state index contributed by atoms with van der Waals surface area (Å²) in [7, 11) is -10.7. The van der Waals surface area contributed by atoms with Crippen LogP contribution in [0.5, 0.6) is 0 Å². The maximum Gasteiger partial charge on any atom is 0.472 e. The van der Waals surface area contributed by atoms with E-state index < -0.39 is 89.6 Å². The molecule has 386 valence electrons. The molecule has 0 amide bonds. The number of ether oxygens (including phenoxy) is 2. The number of esters is 2. The second-order valence-electron chi connectivity index (χ2n) is 17.4. The normalized spacial score (nSPS) is 22.3. The van der Waals surface area contributed by atoms with Crippen LogP contribution in [0.15, 0.2) is 36.5 Å². The van der Waals surface area contributed by atoms with Gasteiger partial charge >= 0.3 is 27.6 Å². The first-order chi connectivity index (χ1) is 31.5. The quantitative estimate of drug-likeness (QED) is 0.00937. The minimum atomic E-state index is -5.37. The summed E-state index contributed by atoms with van der Waals surface area (Å²) >= 11 is 0. The van der Waals surface area contributed by atoms with E-state index in [0.717, 1.165) is 64.2 Å². The van der Waals surface area contributed by atoms with Gasteiger partial charge in [-0.3, -0.25) is 23.2 Å². The molecule has 6 unspecified atom stereocenters. The molecule has 1 rings (SSSR count). The Morgan fingerprint density at radius 3 is 1.56 bits per heavy atom. The van der Waals surface area contributed by atoms with Crippen molar-refractivity contribution in [3.05, 3.63) is 36.5 Å². The lowest BCUT2D eigenvalue weighted by atomic mass is 9.85. The van der Waals surface area contributed by atoms with Crippen molar-refractivity contribution in [3.8, 4) is 0 Å². The third kappa shape index (κ3) is 32.1. The van der Waals surface area contributed by atoms with Crippen molar-refractivity contribution in [1.29, 1.82) is 0 Å². The number of carbonyl (C=O) groups is 2. The smallest absolute Gasteiger partial charge is 0.462 e. The van der Waals surface area contributed by atoms with Crippen LogP contribution >= 0.6 is 15.6 Å². The number of allylic oxidation sites excluding steroid dienone is 4. The highest BCUT2D eigenvalue weighted by Crippen LogP contribution is 2.49. The summed E-state index contributed by atoms with van der Waals surface area (Å²) < 4.78 is 49.4. The maximum atomic E-state index is 13.0. The molecular weight excluding hydrogens is 898 g/mol. The van der Waals surface area contributed by atoms with Crippen LogP contribution in [0.3, 0.4) is 0 Å². The van der Waals surface area contributed by atoms with Crippen LogP contribution in [0.25, 0.3) is 0 Å². The van der Waals surface area contributed by atoms with Gasteiger partial charge in [0.1, 0.15) is 43.2 Å². The lowest BCUT2D eigenvalue weighted by Gasteiger charge is -2.43. The molecule has 0 spiro atoms. The van der Waals surface area contributed by atoms with E-state index in [1.807, 2.05) is 37.3 Å². The lowest BCUT2D eigenvalue weighted by Crippen LogP contribution is -2.64. The van der Waals surface area contributed by atoms with Crippen molar-refractivity contribution in [2.24, 2.45) is 0 Å². The molecule has 0 aromatic heterocycles. The molecule has 66 heavy (non-hydrogen) atoms. The van der Waals surface area contributed by atoms with Crippen molar-refractivity contribution in [2.45, 2.75) is 236 Å². The molecule has 19 heteroatoms. The Morgan fingerprint density at radius 1 is 0.561 bits per heavy atom. The Kier molecular flexibility index (Phi) is 35.8. The predicted molar refractivity (Wildman–Crippen MR) is 252 cm³/mol. The standard InChI is InChI=1S/C47H86O17P2/c1-3-5-7-8-9-10-11-12-13-14-15-16-17-20-23-26-30-34-40(49)60-36-39(62-41(50)35-31-27-24-21-18-19-22-25-29-33-38(48)32-28-6-4-2)37-61-66(58,59)64-47-44(53)42(51)43(52)46(45(47)54)63-65(55,56)57/h6,22,25,28-29,33,38-39,42-48,51-54H,3-5,7-21,23-24,26-27,30-32,34-37H2,1-2H3,(H,58,59)(H2,55,56,57)/b25-22+,28-6+,33-29+/t38?,39-,42?,43?,44?,45?,46-,47+/m1/s1. The number of phosphoric ester groups is 2. The van der Waals surface area contributed by atoms with Gasteiger partial charge in [-0.05, 0) is 38.5 Å². The first-order valence-electron chi connectivity index (χ1n) is 24.6. The summed E-state index contributed by atoms with van der Waals surface area (Å²) in [6.45, 7) is 2.90. The molecule has 0 heterocycles. The van der Waals surface area contributed by atoms with E-state index in [1.165, 1.54) is 77.0 Å². The fourth-order valence-corrected chi connectivity index (χ4v) is 9.01. The summed E-state index contributed by atoms with van der Waals surface area (Å²) in [5, 5.41) is 51.2. The van der Waals surface area contributed by atoms with Crippen molar-refractivity contribution >= 4 is 27.6 Å². The second-order valence-corrected chi connectivity index (χ2v) is 20.0. The monoisotopic (exact) mass is 985 g/mol. The third-order valence-electron chi connectivity index (χ3n) is 11.3. The highest BCUT2D eigenvalue weighted by Gasteiger charge is 2.54. The highest BCUT2D eigenvalue weighted by molar-refractivity contribution is 7.47. The number of aliphatic hydroxyl groups excluding tert-OH is 5. The van der Waals surface area contributed by atoms with Crippen LogP contribution in [-0.4, -0.2) is 114 Å². The van der Waals surface area contributed by atoms with Crippen LogP contribution in [-0.2, 0) is 41.8 Å². The molecule has 0 saturated heterocycles. The Labute approximate surface area is 394 Å². The summed E-state index contributed by atoms with van der Waals surface area (Å²) in [6.07, 6.45) is 22.8. The van der Waals surface area contributed by atoms with Gasteiger partial charge in [0, 0.05) is 12.8 Å². The Balaban J connectivity index is 2.58. The van der Waals surface area contributed by atoms with Crippen LogP contribution in [0, 0.1) is 0 Å². The summed E-state index contributed by atoms with van der Waals surface area (Å²) in [4.78, 5) is 54.3. The number of hydrogen-bond acceptors (Lipinski definition) is 14. The Bertz CT molecular complexity index is 1440. The van der Waals surface area contributed by atoms with Gasteiger partial charge in [-0.25, -0.2) is 9.13 Å². The van der Waals surface area contributed by atoms with Gasteiger partial charge < -0.3 is 49.7 Å². The van der Waals surface area contributed by atoms with Crippen molar-refractivity contribution in [1.82, 2.24) is 0 Å². The lowest BCUT2D eigenvalue weighted by molar-refractivity contribution is -0.216. The fraction of sp³-hybridized carbons (Fsp3) is 0.830. The van der Waals surface area contributed by atoms with E-state index >= 15 is 0 Å². The van der Waals surface area contributed by atoms with E-state index in [1.54, 1.807) is 6.08 Å². The van der Waals surface area contributed by atoms with Gasteiger partial charge in [0.15, 0.2) is 6.10 Å². The van der Waals surface area contributed by atoms with Gasteiger partial charge in [0.25, 0.3) is 0 Å². The summed E-state index contributed by atoms with van der Waals surface area (Å²) in [5.41, 5.74) is 0. The molecule has 0 aromatic carbocycles. The summed E-state index contributed by atoms with van der Waals surface area (Å²) in [6, 6.07) is 0. The molecule has 9 atom stereocenters. The van der Waals surface area contributed by atoms with Gasteiger partial charge in [0.05, 0.1) is 12.7 Å². The van der Waals surface area contributed by atoms with E-state index in [2.05, 4.69) is 11.4 Å². The zero-order valence-electron chi connectivity index (χ0n) is 39.7. The molecule has 1 saturated carbocycles. The molecule has 0 radical (unpaired) electrons. The third-order valence-corrected chi connectivity index (χ3v) is 12.8. The average molecular weight is 985 g/mol. The van der Waals surface area contributed by atoms with Gasteiger partial charge in [-0.15, -0.1) is 0 Å². The van der Waals surface area contributed by atoms with Crippen molar-refractivity contribution in [2.75, 3.05) is 13.2 Å². The van der Waals surface area contributed by atoms with Crippen LogP contribution in [0.4, 0.5) is 0 Å². The largest absolute Gasteiger partial charge is 0.472 e. The van der Waals surface area contributed by atoms with Crippen LogP contribution in [0.2, 0.25) is 0 Å². The topological polar surface area (TPSA) is 276 Å². The minimum Gasteiger partial charge on any atom is -0.462 e. The minimum absolute atomic E-state index is 0.000905. The SMILES string of the molecule is CC/C=C/CC(O)/C=C/C=C/CCCCCCCC(=O)O[C@H](COC(=O)CCCCCCCCCCCCCCCCCCC)COP(=O)(O)O[C@H]1C(O)C(O)C(O)[C@@H](OP(=O)(O)O)C1O. The Morgan fingerprint density at radius 2 is 1.05 bits per heavy atom. The zero-order valence-corrected chi connectivity index (χ0v) is 41.5. The molecule has 0 aliphatic heterocycles. The first-order valence-corrected chi connectivity index (χ1v) is 27.7. The van der Waals surface area contributed by atoms with Crippen molar-refractivity contribution in [3.63, 3.8) is 0 Å². The maximum absolute atomic E-state index is 13.0. The Hall–Kier alpha value is -1.82. The van der Waals surface area contributed by atoms with Gasteiger partial charge in [-0.2, -0.15) is 0 Å². The first kappa shape index (κ1) is 62.2. The molecule has 17 nitrogen and oxygen atoms in total. The second kappa shape index (κ2) is 38.0. The number of phosphoric acid groups is 2. The molecule has 8 N–H and O–H groups in total. The number of hydrogen-bond donors (Lipinski definition) is 8. The zero-order chi connectivity index (χ0) is 49.1. The van der Waals surface area contributed by atoms with Gasteiger partial charge in [-0.1, -0.05) is 172 Å². The average Bonchev–Trinajstić information content (AvgIpc) is 3.26. The molecule has 1 fully saturated rings. The van der Waals surface area contributed by atoms with E-state index in [0.29, 0.717) is 19.3 Å². The van der Waals surface area contributed by atoms with Crippen LogP contribution < -0.4 is 0 Å². The van der Waals surface area contributed by atoms with E-state index in [4.69, 9.17) is 18.5 Å². The molecule has 1 aliphatic rings. The predicted octanol–water partition coefficient (Wildman–Crippen LogP) is 8.48. The highest BCUT2D eigenvalue weighted by atomic mass is 31.2. The molecular formula is C47H86O17P2. The number of unbranched alkanes of at least 4 members (excludes halogenated alkanes) is 21. The van der Waals surface area contributed by atoms with Gasteiger partial charge in [0.2, 0.25) is 0 Å².